The molecule has 0 bridgehead atoms. The fourth-order valence-corrected chi connectivity index (χ4v) is 3.51. The molecule has 0 saturated heterocycles. The van der Waals surface area contributed by atoms with Crippen molar-refractivity contribution >= 4 is 22.5 Å². The highest BCUT2D eigenvalue weighted by Gasteiger charge is 2.17. The van der Waals surface area contributed by atoms with E-state index in [1.807, 2.05) is 13.2 Å². The minimum Gasteiger partial charge on any atom is -0.509 e. The molecule has 0 unspecified atom stereocenters. The van der Waals surface area contributed by atoms with Crippen LogP contribution in [0, 0.1) is 0 Å². The van der Waals surface area contributed by atoms with E-state index < -0.39 is 0 Å². The van der Waals surface area contributed by atoms with Gasteiger partial charge < -0.3 is 39.8 Å². The van der Waals surface area contributed by atoms with Crippen molar-refractivity contribution in [3.8, 4) is 17.2 Å². The van der Waals surface area contributed by atoms with Gasteiger partial charge in [-0.15, -0.1) is 0 Å². The number of hydrogen-bond acceptors (Lipinski definition) is 9. The van der Waals surface area contributed by atoms with Crippen molar-refractivity contribution in [1.29, 1.82) is 0 Å². The average molecular weight is 457 g/mol. The van der Waals surface area contributed by atoms with Gasteiger partial charge in [0.2, 0.25) is 0 Å². The zero-order valence-electron chi connectivity index (χ0n) is 19.6. The first-order valence-corrected chi connectivity index (χ1v) is 10.6. The van der Waals surface area contributed by atoms with Crippen LogP contribution in [0.5, 0.6) is 17.2 Å². The van der Waals surface area contributed by atoms with E-state index >= 15 is 0 Å². The number of fused-ring (bicyclic) bond motifs is 1. The van der Waals surface area contributed by atoms with Crippen LogP contribution in [0.15, 0.2) is 37.0 Å². The molecule has 0 spiro atoms. The maximum Gasteiger partial charge on any atom is 0.164 e. The van der Waals surface area contributed by atoms with Crippen molar-refractivity contribution in [2.45, 2.75) is 13.0 Å². The number of ether oxygens (including phenoxy) is 3. The molecule has 10 nitrogen and oxygen atoms in total. The number of H-pyrrole nitrogens is 1. The summed E-state index contributed by atoms with van der Waals surface area (Å²) in [5.74, 6) is 2.00. The number of nitrogens with zero attached hydrogens (tertiary/aromatic N) is 3. The van der Waals surface area contributed by atoms with Crippen LogP contribution in [0.25, 0.3) is 11.0 Å². The molecule has 3 rings (SSSR count). The van der Waals surface area contributed by atoms with Crippen LogP contribution in [0.3, 0.4) is 0 Å². The number of aliphatic hydroxyl groups excluding tert-OH is 1. The molecule has 0 amide bonds. The number of rotatable bonds is 13. The monoisotopic (exact) mass is 456 g/mol. The predicted octanol–water partition coefficient (Wildman–Crippen LogP) is 3.21. The fraction of sp³-hybridized carbons (Fsp3) is 0.391. The van der Waals surface area contributed by atoms with Gasteiger partial charge in [-0.2, -0.15) is 0 Å². The zero-order valence-corrected chi connectivity index (χ0v) is 19.6. The van der Waals surface area contributed by atoms with Gasteiger partial charge in [-0.05, 0) is 39.2 Å². The van der Waals surface area contributed by atoms with Gasteiger partial charge in [-0.25, -0.2) is 9.97 Å². The first kappa shape index (κ1) is 24.1. The highest BCUT2D eigenvalue weighted by atomic mass is 16.5. The van der Waals surface area contributed by atoms with Crippen molar-refractivity contribution in [1.82, 2.24) is 25.2 Å². The highest BCUT2D eigenvalue weighted by Crippen LogP contribution is 2.40. The number of aromatic amines is 1. The lowest BCUT2D eigenvalue weighted by Gasteiger charge is -2.18. The summed E-state index contributed by atoms with van der Waals surface area (Å²) in [6, 6.07) is 3.45. The van der Waals surface area contributed by atoms with Gasteiger partial charge in [0, 0.05) is 24.9 Å². The third kappa shape index (κ3) is 6.05. The van der Waals surface area contributed by atoms with E-state index in [4.69, 9.17) is 14.2 Å². The first-order valence-electron chi connectivity index (χ1n) is 10.6. The lowest BCUT2D eigenvalue weighted by molar-refractivity contribution is 0.260. The third-order valence-electron chi connectivity index (χ3n) is 5.09. The predicted molar refractivity (Wildman–Crippen MR) is 129 cm³/mol. The van der Waals surface area contributed by atoms with Gasteiger partial charge in [0.25, 0.3) is 0 Å². The number of methoxy groups -OCH3 is 2. The topological polar surface area (TPSA) is 117 Å². The average Bonchev–Trinajstić information content (AvgIpc) is 3.21. The Morgan fingerprint density at radius 1 is 1.18 bits per heavy atom. The summed E-state index contributed by atoms with van der Waals surface area (Å²) in [4.78, 5) is 14.4. The zero-order chi connectivity index (χ0) is 23.8. The summed E-state index contributed by atoms with van der Waals surface area (Å²) >= 11 is 0. The lowest BCUT2D eigenvalue weighted by Crippen LogP contribution is -2.22. The highest BCUT2D eigenvalue weighted by molar-refractivity contribution is 5.92. The van der Waals surface area contributed by atoms with Gasteiger partial charge in [0.05, 0.1) is 25.3 Å². The summed E-state index contributed by atoms with van der Waals surface area (Å²) in [7, 11) is 7.17. The van der Waals surface area contributed by atoms with Crippen molar-refractivity contribution < 1.29 is 19.3 Å². The Bertz CT molecular complexity index is 1080. The molecule has 1 aromatic carbocycles. The van der Waals surface area contributed by atoms with Crippen LogP contribution in [0.2, 0.25) is 0 Å². The summed E-state index contributed by atoms with van der Waals surface area (Å²) in [5, 5.41) is 16.9. The Balaban J connectivity index is 1.93. The van der Waals surface area contributed by atoms with Crippen LogP contribution in [-0.4, -0.2) is 73.0 Å². The fourth-order valence-electron chi connectivity index (χ4n) is 3.51. The second kappa shape index (κ2) is 11.4. The minimum atomic E-state index is -0.0873. The van der Waals surface area contributed by atoms with E-state index in [1.165, 1.54) is 13.4 Å². The van der Waals surface area contributed by atoms with E-state index in [9.17, 15) is 5.11 Å². The molecule has 2 heterocycles. The molecule has 3 aromatic rings. The lowest BCUT2D eigenvalue weighted by atomic mass is 10.2. The van der Waals surface area contributed by atoms with Crippen molar-refractivity contribution in [2.24, 2.45) is 0 Å². The summed E-state index contributed by atoms with van der Waals surface area (Å²) < 4.78 is 16.6. The normalized spacial score (nSPS) is 11.1. The van der Waals surface area contributed by atoms with Crippen LogP contribution < -0.4 is 24.8 Å². The minimum absolute atomic E-state index is 0.0538. The smallest absolute Gasteiger partial charge is 0.164 e. The van der Waals surface area contributed by atoms with E-state index in [2.05, 4.69) is 44.1 Å². The van der Waals surface area contributed by atoms with Crippen molar-refractivity contribution in [3.63, 3.8) is 0 Å². The van der Waals surface area contributed by atoms with E-state index in [-0.39, 0.29) is 12.4 Å². The number of aliphatic hydroxyl groups is 1. The number of nitrogens with one attached hydrogen (secondary N) is 3. The molecular weight excluding hydrogens is 424 g/mol. The summed E-state index contributed by atoms with van der Waals surface area (Å²) in [6.07, 6.45) is 4.53. The third-order valence-corrected chi connectivity index (χ3v) is 5.09. The largest absolute Gasteiger partial charge is 0.509 e. The van der Waals surface area contributed by atoms with Crippen LogP contribution in [0.4, 0.5) is 11.5 Å². The molecule has 0 fully saturated rings. The molecule has 33 heavy (non-hydrogen) atoms. The quantitative estimate of drug-likeness (QED) is 0.227. The number of anilines is 2. The Labute approximate surface area is 193 Å². The van der Waals surface area contributed by atoms with Crippen molar-refractivity contribution in [2.75, 3.05) is 53.3 Å². The van der Waals surface area contributed by atoms with E-state index in [1.54, 1.807) is 19.2 Å². The number of aromatic nitrogens is 3. The molecule has 0 aliphatic heterocycles. The molecule has 0 aliphatic rings. The molecule has 4 N–H and O–H groups in total. The number of hydrogen-bond donors (Lipinski definition) is 4. The molecule has 178 valence electrons. The maximum absolute atomic E-state index is 9.42. The number of benzene rings is 1. The van der Waals surface area contributed by atoms with Gasteiger partial charge in [-0.3, -0.25) is 0 Å². The van der Waals surface area contributed by atoms with Gasteiger partial charge >= 0.3 is 0 Å². The van der Waals surface area contributed by atoms with Gasteiger partial charge in [0.15, 0.2) is 11.5 Å². The Morgan fingerprint density at radius 3 is 2.67 bits per heavy atom. The molecule has 2 aromatic heterocycles. The van der Waals surface area contributed by atoms with Crippen LogP contribution in [0.1, 0.15) is 12.0 Å². The Morgan fingerprint density at radius 2 is 1.97 bits per heavy atom. The van der Waals surface area contributed by atoms with Crippen LogP contribution in [-0.2, 0) is 6.54 Å². The second-order valence-electron chi connectivity index (χ2n) is 7.64. The SMILES string of the molecule is C=C(O)COc1cc(Nc2ncnc3[nH]cc(CN(C)CCCNC)c23)c(OC)cc1OC. The van der Waals surface area contributed by atoms with Gasteiger partial charge in [0.1, 0.15) is 35.9 Å². The van der Waals surface area contributed by atoms with Gasteiger partial charge in [-0.1, -0.05) is 6.58 Å². The van der Waals surface area contributed by atoms with Crippen LogP contribution >= 0.6 is 0 Å². The van der Waals surface area contributed by atoms with Crippen molar-refractivity contribution in [3.05, 3.63) is 42.6 Å². The molecule has 0 aliphatic carbocycles. The Hall–Kier alpha value is -3.50. The molecule has 0 atom stereocenters. The standard InChI is InChI=1S/C23H32N6O4/c1-15(30)13-33-20-9-17(18(31-4)10-19(20)32-5)28-23-21-16(11-25-22(21)26-14-27-23)12-29(3)8-6-7-24-2/h9-11,14,24,30H,1,6-8,12-13H2,2-5H3,(H2,25,26,27,28). The van der Waals surface area contributed by atoms with E-state index in [0.29, 0.717) is 28.8 Å². The summed E-state index contributed by atoms with van der Waals surface area (Å²) in [5.41, 5.74) is 2.46. The Kier molecular flexibility index (Phi) is 8.34. The molecule has 0 radical (unpaired) electrons. The first-order chi connectivity index (χ1) is 16.0. The molecule has 0 saturated carbocycles. The summed E-state index contributed by atoms with van der Waals surface area (Å²) in [6.45, 7) is 6.09. The second-order valence-corrected chi connectivity index (χ2v) is 7.64. The maximum atomic E-state index is 9.42. The van der Waals surface area contributed by atoms with E-state index in [0.717, 1.165) is 42.7 Å². The molecular formula is C23H32N6O4. The molecule has 10 heteroatoms.